The molecule has 3 amide bonds. The highest BCUT2D eigenvalue weighted by Gasteiger charge is 2.36. The SMILES string of the molecule is CCOc1ccc(/C=C2/SC(=O)N(CC(=O)Nc3ccc(N4CCOCC4)cc3)C2=O)c(OCC)c1. The molecule has 190 valence electrons. The quantitative estimate of drug-likeness (QED) is 0.505. The molecule has 9 nitrogen and oxygen atoms in total. The van der Waals surface area contributed by atoms with Gasteiger partial charge in [0.25, 0.3) is 11.1 Å². The third-order valence-electron chi connectivity index (χ3n) is 5.59. The Hall–Kier alpha value is -3.50. The van der Waals surface area contributed by atoms with Crippen LogP contribution in [0.3, 0.4) is 0 Å². The molecule has 2 heterocycles. The van der Waals surface area contributed by atoms with E-state index in [4.69, 9.17) is 14.2 Å². The number of benzene rings is 2. The van der Waals surface area contributed by atoms with Crippen LogP contribution in [0.1, 0.15) is 19.4 Å². The number of anilines is 2. The Bertz CT molecular complexity index is 1140. The van der Waals surface area contributed by atoms with Crippen LogP contribution < -0.4 is 19.7 Å². The molecule has 2 aromatic rings. The summed E-state index contributed by atoms with van der Waals surface area (Å²) in [6.45, 7) is 7.36. The molecule has 2 fully saturated rings. The number of amides is 3. The van der Waals surface area contributed by atoms with Gasteiger partial charge in [-0.1, -0.05) is 0 Å². The van der Waals surface area contributed by atoms with Crippen LogP contribution in [-0.4, -0.2) is 68.0 Å². The number of rotatable bonds is 9. The predicted octanol–water partition coefficient (Wildman–Crippen LogP) is 4.00. The first-order valence-electron chi connectivity index (χ1n) is 11.9. The van der Waals surface area contributed by atoms with Crippen molar-refractivity contribution >= 4 is 46.3 Å². The molecule has 36 heavy (non-hydrogen) atoms. The lowest BCUT2D eigenvalue weighted by Gasteiger charge is -2.28. The molecule has 0 aromatic heterocycles. The summed E-state index contributed by atoms with van der Waals surface area (Å²) in [5, 5.41) is 2.27. The second-order valence-corrected chi connectivity index (χ2v) is 9.02. The summed E-state index contributed by atoms with van der Waals surface area (Å²) < 4.78 is 16.6. The van der Waals surface area contributed by atoms with E-state index >= 15 is 0 Å². The summed E-state index contributed by atoms with van der Waals surface area (Å²) in [5.74, 6) is 0.238. The Kier molecular flexibility index (Phi) is 8.50. The molecule has 0 spiro atoms. The van der Waals surface area contributed by atoms with Gasteiger partial charge >= 0.3 is 0 Å². The monoisotopic (exact) mass is 511 g/mol. The van der Waals surface area contributed by atoms with E-state index in [0.29, 0.717) is 49.2 Å². The highest BCUT2D eigenvalue weighted by atomic mass is 32.2. The summed E-state index contributed by atoms with van der Waals surface area (Å²) in [6, 6.07) is 12.8. The molecule has 0 aliphatic carbocycles. The van der Waals surface area contributed by atoms with Gasteiger partial charge < -0.3 is 24.4 Å². The molecule has 2 aliphatic heterocycles. The van der Waals surface area contributed by atoms with Gasteiger partial charge in [0, 0.05) is 36.1 Å². The number of carbonyl (C=O) groups is 3. The smallest absolute Gasteiger partial charge is 0.294 e. The molecule has 0 bridgehead atoms. The van der Waals surface area contributed by atoms with Gasteiger partial charge in [-0.2, -0.15) is 0 Å². The zero-order valence-corrected chi connectivity index (χ0v) is 21.1. The van der Waals surface area contributed by atoms with E-state index in [0.717, 1.165) is 35.4 Å². The Morgan fingerprint density at radius 3 is 2.47 bits per heavy atom. The Labute approximate surface area is 214 Å². The fraction of sp³-hybridized carbons (Fsp3) is 0.346. The van der Waals surface area contributed by atoms with E-state index in [1.165, 1.54) is 0 Å². The molecule has 0 atom stereocenters. The Balaban J connectivity index is 1.40. The number of carbonyl (C=O) groups excluding carboxylic acids is 3. The summed E-state index contributed by atoms with van der Waals surface area (Å²) in [6.07, 6.45) is 1.61. The van der Waals surface area contributed by atoms with Crippen molar-refractivity contribution in [3.8, 4) is 11.5 Å². The van der Waals surface area contributed by atoms with Gasteiger partial charge in [-0.05, 0) is 68.1 Å². The largest absolute Gasteiger partial charge is 0.494 e. The minimum Gasteiger partial charge on any atom is -0.494 e. The van der Waals surface area contributed by atoms with E-state index in [1.54, 1.807) is 36.4 Å². The van der Waals surface area contributed by atoms with E-state index in [2.05, 4.69) is 10.2 Å². The third kappa shape index (κ3) is 6.19. The van der Waals surface area contributed by atoms with Crippen molar-refractivity contribution in [3.05, 3.63) is 52.9 Å². The second-order valence-electron chi connectivity index (χ2n) is 8.03. The number of ether oxygens (including phenoxy) is 3. The fourth-order valence-corrected chi connectivity index (χ4v) is 4.70. The molecule has 2 aromatic carbocycles. The van der Waals surface area contributed by atoms with E-state index < -0.39 is 17.1 Å². The van der Waals surface area contributed by atoms with Crippen molar-refractivity contribution in [2.75, 3.05) is 56.3 Å². The topological polar surface area (TPSA) is 97.4 Å². The molecule has 4 rings (SSSR count). The predicted molar refractivity (Wildman–Crippen MR) is 140 cm³/mol. The van der Waals surface area contributed by atoms with Gasteiger partial charge in [-0.3, -0.25) is 19.3 Å². The van der Waals surface area contributed by atoms with Crippen LogP contribution in [0.4, 0.5) is 16.2 Å². The third-order valence-corrected chi connectivity index (χ3v) is 6.49. The first-order valence-corrected chi connectivity index (χ1v) is 12.7. The molecule has 2 saturated heterocycles. The van der Waals surface area contributed by atoms with Crippen LogP contribution in [0, 0.1) is 0 Å². The molecular weight excluding hydrogens is 482 g/mol. The number of hydrogen-bond acceptors (Lipinski definition) is 8. The summed E-state index contributed by atoms with van der Waals surface area (Å²) in [7, 11) is 0. The van der Waals surface area contributed by atoms with Gasteiger partial charge in [0.15, 0.2) is 0 Å². The zero-order chi connectivity index (χ0) is 25.5. The van der Waals surface area contributed by atoms with Crippen LogP contribution in [0.25, 0.3) is 6.08 Å². The van der Waals surface area contributed by atoms with Crippen molar-refractivity contribution in [1.29, 1.82) is 0 Å². The first-order chi connectivity index (χ1) is 17.5. The van der Waals surface area contributed by atoms with Crippen molar-refractivity contribution < 1.29 is 28.6 Å². The van der Waals surface area contributed by atoms with E-state index in [1.807, 2.05) is 26.0 Å². The van der Waals surface area contributed by atoms with E-state index in [-0.39, 0.29) is 11.4 Å². The first kappa shape index (κ1) is 25.6. The maximum atomic E-state index is 12.9. The molecule has 0 unspecified atom stereocenters. The Morgan fingerprint density at radius 2 is 1.78 bits per heavy atom. The summed E-state index contributed by atoms with van der Waals surface area (Å²) >= 11 is 0.800. The van der Waals surface area contributed by atoms with Crippen molar-refractivity contribution in [2.24, 2.45) is 0 Å². The lowest BCUT2D eigenvalue weighted by molar-refractivity contribution is -0.127. The van der Waals surface area contributed by atoms with Crippen LogP contribution in [0.15, 0.2) is 47.4 Å². The lowest BCUT2D eigenvalue weighted by Crippen LogP contribution is -2.36. The maximum absolute atomic E-state index is 12.9. The van der Waals surface area contributed by atoms with Gasteiger partial charge in [0.05, 0.1) is 31.3 Å². The summed E-state index contributed by atoms with van der Waals surface area (Å²) in [5.41, 5.74) is 2.29. The second kappa shape index (κ2) is 12.0. The van der Waals surface area contributed by atoms with Crippen molar-refractivity contribution in [2.45, 2.75) is 13.8 Å². The average Bonchev–Trinajstić information content (AvgIpc) is 3.14. The molecular formula is C26H29N3O6S. The van der Waals surface area contributed by atoms with E-state index in [9.17, 15) is 14.4 Å². The standard InChI is InChI=1S/C26H29N3O6S/c1-3-34-21-10-5-18(22(16-21)35-4-2)15-23-25(31)29(26(32)36-23)17-24(30)27-19-6-8-20(9-7-19)28-11-13-33-14-12-28/h5-10,15-16H,3-4,11-14,17H2,1-2H3,(H,27,30)/b23-15+. The minimum atomic E-state index is -0.515. The van der Waals surface area contributed by atoms with Crippen molar-refractivity contribution in [3.63, 3.8) is 0 Å². The van der Waals surface area contributed by atoms with Crippen LogP contribution >= 0.6 is 11.8 Å². The molecule has 2 aliphatic rings. The molecule has 10 heteroatoms. The highest BCUT2D eigenvalue weighted by Crippen LogP contribution is 2.35. The molecule has 0 radical (unpaired) electrons. The minimum absolute atomic E-state index is 0.229. The van der Waals surface area contributed by atoms with Crippen LogP contribution in [0.2, 0.25) is 0 Å². The fourth-order valence-electron chi connectivity index (χ4n) is 3.87. The number of imide groups is 1. The average molecular weight is 512 g/mol. The van der Waals surface area contributed by atoms with Gasteiger partial charge in [-0.15, -0.1) is 0 Å². The highest BCUT2D eigenvalue weighted by molar-refractivity contribution is 8.18. The number of thioether (sulfide) groups is 1. The van der Waals surface area contributed by atoms with Crippen LogP contribution in [-0.2, 0) is 14.3 Å². The Morgan fingerprint density at radius 1 is 1.06 bits per heavy atom. The zero-order valence-electron chi connectivity index (χ0n) is 20.3. The maximum Gasteiger partial charge on any atom is 0.294 e. The van der Waals surface area contributed by atoms with Gasteiger partial charge in [0.2, 0.25) is 5.91 Å². The van der Waals surface area contributed by atoms with Crippen LogP contribution in [0.5, 0.6) is 11.5 Å². The number of morpholine rings is 1. The number of nitrogens with zero attached hydrogens (tertiary/aromatic N) is 2. The van der Waals surface area contributed by atoms with Gasteiger partial charge in [0.1, 0.15) is 18.0 Å². The van der Waals surface area contributed by atoms with Gasteiger partial charge in [-0.25, -0.2) is 0 Å². The van der Waals surface area contributed by atoms with Crippen molar-refractivity contribution in [1.82, 2.24) is 4.90 Å². The number of hydrogen-bond donors (Lipinski definition) is 1. The molecule has 1 N–H and O–H groups in total. The lowest BCUT2D eigenvalue weighted by atomic mass is 10.1. The number of nitrogens with one attached hydrogen (secondary N) is 1. The normalized spacial score (nSPS) is 17.0. The summed E-state index contributed by atoms with van der Waals surface area (Å²) in [4.78, 5) is 41.4. The molecule has 0 saturated carbocycles.